The summed E-state index contributed by atoms with van der Waals surface area (Å²) in [5, 5.41) is 2.77. The first-order valence-electron chi connectivity index (χ1n) is 7.71. The van der Waals surface area contributed by atoms with Crippen molar-refractivity contribution in [2.75, 3.05) is 18.5 Å². The Kier molecular flexibility index (Phi) is 4.92. The van der Waals surface area contributed by atoms with E-state index >= 15 is 0 Å². The van der Waals surface area contributed by atoms with E-state index in [1.165, 1.54) is 6.07 Å². The average molecular weight is 347 g/mol. The molecule has 0 bridgehead atoms. The molecule has 0 saturated heterocycles. The van der Waals surface area contributed by atoms with Gasteiger partial charge in [-0.25, -0.2) is 13.6 Å². The fraction of sp³-hybridized carbons (Fsp3) is 0.222. The standard InChI is InChI=1S/C18H15F2NO4/c19-14-3-1-2-13(17(14)20)18(23)25-9-8-24-12-5-6-15-11(10-12)4-7-16(22)21-15/h1-3,5-6,10H,4,7-9H2,(H,21,22). The third-order valence-corrected chi connectivity index (χ3v) is 3.73. The maximum Gasteiger partial charge on any atom is 0.341 e. The lowest BCUT2D eigenvalue weighted by molar-refractivity contribution is -0.116. The van der Waals surface area contributed by atoms with Crippen LogP contribution in [0.25, 0.3) is 0 Å². The number of carbonyl (C=O) groups excluding carboxylic acids is 2. The van der Waals surface area contributed by atoms with Gasteiger partial charge < -0.3 is 14.8 Å². The second kappa shape index (κ2) is 7.29. The highest BCUT2D eigenvalue weighted by molar-refractivity contribution is 5.94. The molecule has 0 radical (unpaired) electrons. The topological polar surface area (TPSA) is 64.6 Å². The number of benzene rings is 2. The van der Waals surface area contributed by atoms with Crippen LogP contribution in [-0.2, 0) is 16.0 Å². The zero-order valence-corrected chi connectivity index (χ0v) is 13.2. The van der Waals surface area contributed by atoms with Crippen LogP contribution in [0, 0.1) is 11.6 Å². The van der Waals surface area contributed by atoms with Gasteiger partial charge in [-0.05, 0) is 42.3 Å². The van der Waals surface area contributed by atoms with Gasteiger partial charge in [0.05, 0.1) is 5.56 Å². The number of carbonyl (C=O) groups is 2. The van der Waals surface area contributed by atoms with Crippen molar-refractivity contribution in [2.45, 2.75) is 12.8 Å². The first-order chi connectivity index (χ1) is 12.0. The van der Waals surface area contributed by atoms with Gasteiger partial charge in [-0.2, -0.15) is 0 Å². The van der Waals surface area contributed by atoms with Gasteiger partial charge in [0.1, 0.15) is 19.0 Å². The van der Waals surface area contributed by atoms with Gasteiger partial charge in [0.25, 0.3) is 0 Å². The second-order valence-corrected chi connectivity index (χ2v) is 5.45. The molecule has 0 saturated carbocycles. The summed E-state index contributed by atoms with van der Waals surface area (Å²) in [5.74, 6) is -2.73. The lowest BCUT2D eigenvalue weighted by Gasteiger charge is -2.17. The lowest BCUT2D eigenvalue weighted by atomic mass is 10.0. The molecule has 25 heavy (non-hydrogen) atoms. The van der Waals surface area contributed by atoms with Crippen LogP contribution < -0.4 is 10.1 Å². The molecule has 1 aliphatic rings. The summed E-state index contributed by atoms with van der Waals surface area (Å²) in [7, 11) is 0. The van der Waals surface area contributed by atoms with E-state index in [9.17, 15) is 18.4 Å². The highest BCUT2D eigenvalue weighted by Crippen LogP contribution is 2.26. The quantitative estimate of drug-likeness (QED) is 0.667. The Morgan fingerprint density at radius 3 is 2.80 bits per heavy atom. The van der Waals surface area contributed by atoms with E-state index in [-0.39, 0.29) is 19.1 Å². The summed E-state index contributed by atoms with van der Waals surface area (Å²) >= 11 is 0. The van der Waals surface area contributed by atoms with E-state index in [1.54, 1.807) is 12.1 Å². The Bertz CT molecular complexity index is 823. The minimum Gasteiger partial charge on any atom is -0.490 e. The normalized spacial score (nSPS) is 13.0. The number of rotatable bonds is 5. The number of hydrogen-bond donors (Lipinski definition) is 1. The number of ether oxygens (including phenoxy) is 2. The Balaban J connectivity index is 1.51. The van der Waals surface area contributed by atoms with E-state index in [2.05, 4.69) is 5.32 Å². The number of aryl methyl sites for hydroxylation is 1. The zero-order valence-electron chi connectivity index (χ0n) is 13.2. The van der Waals surface area contributed by atoms with Crippen molar-refractivity contribution in [3.8, 4) is 5.75 Å². The van der Waals surface area contributed by atoms with Gasteiger partial charge in [0.15, 0.2) is 11.6 Å². The van der Waals surface area contributed by atoms with Gasteiger partial charge in [-0.3, -0.25) is 4.79 Å². The maximum atomic E-state index is 13.5. The molecule has 130 valence electrons. The number of anilines is 1. The first-order valence-corrected chi connectivity index (χ1v) is 7.71. The molecule has 0 fully saturated rings. The molecule has 1 amide bonds. The first kappa shape index (κ1) is 16.9. The summed E-state index contributed by atoms with van der Waals surface area (Å²) in [6.45, 7) is -0.0452. The molecule has 3 rings (SSSR count). The molecular weight excluding hydrogens is 332 g/mol. The third-order valence-electron chi connectivity index (χ3n) is 3.73. The van der Waals surface area contributed by atoms with Crippen LogP contribution >= 0.6 is 0 Å². The average Bonchev–Trinajstić information content (AvgIpc) is 2.61. The van der Waals surface area contributed by atoms with Crippen LogP contribution in [0.4, 0.5) is 14.5 Å². The molecule has 0 spiro atoms. The van der Waals surface area contributed by atoms with Crippen molar-refractivity contribution >= 4 is 17.6 Å². The molecule has 1 heterocycles. The third kappa shape index (κ3) is 3.93. The Labute approximate surface area is 142 Å². The smallest absolute Gasteiger partial charge is 0.341 e. The Morgan fingerprint density at radius 2 is 1.96 bits per heavy atom. The fourth-order valence-electron chi connectivity index (χ4n) is 2.48. The number of esters is 1. The van der Waals surface area contributed by atoms with Crippen LogP contribution in [0.2, 0.25) is 0 Å². The molecule has 7 heteroatoms. The Hall–Kier alpha value is -2.96. The monoisotopic (exact) mass is 347 g/mol. The largest absolute Gasteiger partial charge is 0.490 e. The second-order valence-electron chi connectivity index (χ2n) is 5.45. The highest BCUT2D eigenvalue weighted by Gasteiger charge is 2.17. The summed E-state index contributed by atoms with van der Waals surface area (Å²) in [5.41, 5.74) is 1.28. The number of halogens is 2. The number of hydrogen-bond acceptors (Lipinski definition) is 4. The van der Waals surface area contributed by atoms with E-state index in [4.69, 9.17) is 9.47 Å². The van der Waals surface area contributed by atoms with Crippen molar-refractivity contribution in [1.29, 1.82) is 0 Å². The van der Waals surface area contributed by atoms with Gasteiger partial charge in [-0.1, -0.05) is 6.07 Å². The fourth-order valence-corrected chi connectivity index (χ4v) is 2.48. The predicted molar refractivity (Wildman–Crippen MR) is 85.5 cm³/mol. The van der Waals surface area contributed by atoms with E-state index in [1.807, 2.05) is 6.07 Å². The van der Waals surface area contributed by atoms with Crippen molar-refractivity contribution < 1.29 is 27.8 Å². The highest BCUT2D eigenvalue weighted by atomic mass is 19.2. The molecule has 0 atom stereocenters. The van der Waals surface area contributed by atoms with E-state index < -0.39 is 23.2 Å². The molecule has 0 aliphatic carbocycles. The van der Waals surface area contributed by atoms with Crippen LogP contribution in [0.5, 0.6) is 5.75 Å². The molecule has 0 aromatic heterocycles. The van der Waals surface area contributed by atoms with Crippen LogP contribution in [0.15, 0.2) is 36.4 Å². The Morgan fingerprint density at radius 1 is 1.12 bits per heavy atom. The van der Waals surface area contributed by atoms with Gasteiger partial charge in [-0.15, -0.1) is 0 Å². The van der Waals surface area contributed by atoms with Crippen molar-refractivity contribution in [2.24, 2.45) is 0 Å². The molecule has 0 unspecified atom stereocenters. The molecule has 1 N–H and O–H groups in total. The van der Waals surface area contributed by atoms with Crippen LogP contribution in [-0.4, -0.2) is 25.1 Å². The van der Waals surface area contributed by atoms with Crippen molar-refractivity contribution in [3.05, 3.63) is 59.2 Å². The van der Waals surface area contributed by atoms with Crippen molar-refractivity contribution in [3.63, 3.8) is 0 Å². The molecule has 2 aromatic carbocycles. The number of amides is 1. The number of fused-ring (bicyclic) bond motifs is 1. The maximum absolute atomic E-state index is 13.5. The molecule has 5 nitrogen and oxygen atoms in total. The molecule has 1 aliphatic heterocycles. The van der Waals surface area contributed by atoms with E-state index in [0.717, 1.165) is 23.4 Å². The minimum absolute atomic E-state index is 0.0161. The summed E-state index contributed by atoms with van der Waals surface area (Å²) in [6.07, 6.45) is 1.06. The van der Waals surface area contributed by atoms with Gasteiger partial charge >= 0.3 is 5.97 Å². The molecular formula is C18H15F2NO4. The zero-order chi connectivity index (χ0) is 17.8. The van der Waals surface area contributed by atoms with Gasteiger partial charge in [0, 0.05) is 12.1 Å². The summed E-state index contributed by atoms with van der Waals surface area (Å²) in [6, 6.07) is 8.56. The summed E-state index contributed by atoms with van der Waals surface area (Å²) < 4.78 is 36.9. The summed E-state index contributed by atoms with van der Waals surface area (Å²) in [4.78, 5) is 23.0. The number of nitrogens with one attached hydrogen (secondary N) is 1. The van der Waals surface area contributed by atoms with Crippen LogP contribution in [0.1, 0.15) is 22.3 Å². The SMILES string of the molecule is O=C1CCc2cc(OCCOC(=O)c3cccc(F)c3F)ccc2N1. The van der Waals surface area contributed by atoms with Crippen molar-refractivity contribution in [1.82, 2.24) is 0 Å². The predicted octanol–water partition coefficient (Wildman–Crippen LogP) is 3.09. The van der Waals surface area contributed by atoms with Gasteiger partial charge in [0.2, 0.25) is 5.91 Å². The van der Waals surface area contributed by atoms with E-state index in [0.29, 0.717) is 18.6 Å². The lowest BCUT2D eigenvalue weighted by Crippen LogP contribution is -2.19. The van der Waals surface area contributed by atoms with Crippen LogP contribution in [0.3, 0.4) is 0 Å². The minimum atomic E-state index is -1.23. The molecule has 2 aromatic rings.